The lowest BCUT2D eigenvalue weighted by Crippen LogP contribution is -2.42. The van der Waals surface area contributed by atoms with Crippen molar-refractivity contribution in [1.29, 1.82) is 0 Å². The van der Waals surface area contributed by atoms with Gasteiger partial charge in [0.1, 0.15) is 17.5 Å². The molecule has 3 rings (SSSR count). The number of hydrogen-bond acceptors (Lipinski definition) is 6. The van der Waals surface area contributed by atoms with Crippen molar-refractivity contribution in [2.75, 3.05) is 23.5 Å². The summed E-state index contributed by atoms with van der Waals surface area (Å²) < 4.78 is 0. The van der Waals surface area contributed by atoms with E-state index in [1.807, 2.05) is 6.07 Å². The first-order valence-corrected chi connectivity index (χ1v) is 7.05. The van der Waals surface area contributed by atoms with Gasteiger partial charge in [-0.05, 0) is 32.1 Å². The molecule has 2 aliphatic rings. The van der Waals surface area contributed by atoms with Crippen LogP contribution in [0.3, 0.4) is 0 Å². The highest BCUT2D eigenvalue weighted by atomic mass is 16.3. The number of nitrogens with two attached hydrogens (primary N) is 1. The van der Waals surface area contributed by atoms with Gasteiger partial charge in [0, 0.05) is 24.6 Å². The number of aromatic nitrogens is 2. The Morgan fingerprint density at radius 2 is 2.11 bits per heavy atom. The summed E-state index contributed by atoms with van der Waals surface area (Å²) >= 11 is 0. The standard InChI is InChI=1S/C13H21N5O/c14-17-11-8-12(16-13(15-11)9-4-5-9)18(6-7-19)10-2-1-3-10/h8-10,19H,1-7,14H2,(H,15,16,17). The van der Waals surface area contributed by atoms with E-state index in [1.54, 1.807) is 0 Å². The molecule has 0 bridgehead atoms. The quantitative estimate of drug-likeness (QED) is 0.524. The minimum Gasteiger partial charge on any atom is -0.395 e. The Hall–Kier alpha value is -1.40. The minimum atomic E-state index is 0.144. The Morgan fingerprint density at radius 1 is 1.32 bits per heavy atom. The fourth-order valence-electron chi connectivity index (χ4n) is 2.49. The molecule has 0 unspecified atom stereocenters. The SMILES string of the molecule is NNc1cc(N(CCO)C2CCC2)nc(C2CC2)n1. The van der Waals surface area contributed by atoms with Gasteiger partial charge in [-0.1, -0.05) is 0 Å². The lowest BCUT2D eigenvalue weighted by molar-refractivity contribution is 0.283. The van der Waals surface area contributed by atoms with Gasteiger partial charge in [-0.2, -0.15) is 0 Å². The van der Waals surface area contributed by atoms with Crippen LogP contribution in [0, 0.1) is 0 Å². The molecule has 6 nitrogen and oxygen atoms in total. The van der Waals surface area contributed by atoms with Gasteiger partial charge in [0.05, 0.1) is 6.61 Å². The topological polar surface area (TPSA) is 87.3 Å². The number of hydrazine groups is 1. The maximum absolute atomic E-state index is 9.26. The number of nitrogens with zero attached hydrogens (tertiary/aromatic N) is 3. The smallest absolute Gasteiger partial charge is 0.145 e. The van der Waals surface area contributed by atoms with E-state index in [4.69, 9.17) is 5.84 Å². The van der Waals surface area contributed by atoms with Gasteiger partial charge in [0.15, 0.2) is 0 Å². The van der Waals surface area contributed by atoms with Crippen molar-refractivity contribution in [3.05, 3.63) is 11.9 Å². The maximum atomic E-state index is 9.26. The summed E-state index contributed by atoms with van der Waals surface area (Å²) in [6.07, 6.45) is 5.94. The number of nitrogens with one attached hydrogen (secondary N) is 1. The molecular formula is C13H21N5O. The monoisotopic (exact) mass is 263 g/mol. The second-order valence-electron chi connectivity index (χ2n) is 5.39. The molecule has 0 aliphatic heterocycles. The second-order valence-corrected chi connectivity index (χ2v) is 5.39. The number of anilines is 2. The molecule has 2 fully saturated rings. The Morgan fingerprint density at radius 3 is 2.63 bits per heavy atom. The maximum Gasteiger partial charge on any atom is 0.145 e. The van der Waals surface area contributed by atoms with Crippen molar-refractivity contribution in [3.63, 3.8) is 0 Å². The van der Waals surface area contributed by atoms with Crippen molar-refractivity contribution in [2.24, 2.45) is 5.84 Å². The summed E-state index contributed by atoms with van der Waals surface area (Å²) in [7, 11) is 0. The van der Waals surface area contributed by atoms with Crippen molar-refractivity contribution >= 4 is 11.6 Å². The lowest BCUT2D eigenvalue weighted by Gasteiger charge is -2.38. The van der Waals surface area contributed by atoms with E-state index in [1.165, 1.54) is 19.3 Å². The van der Waals surface area contributed by atoms with Gasteiger partial charge < -0.3 is 15.4 Å². The fourth-order valence-corrected chi connectivity index (χ4v) is 2.49. The van der Waals surface area contributed by atoms with Crippen LogP contribution in [0.15, 0.2) is 6.07 Å². The van der Waals surface area contributed by atoms with Crippen molar-refractivity contribution in [3.8, 4) is 0 Å². The zero-order valence-corrected chi connectivity index (χ0v) is 11.0. The molecule has 2 aliphatic carbocycles. The van der Waals surface area contributed by atoms with E-state index in [-0.39, 0.29) is 6.61 Å². The molecule has 0 aromatic carbocycles. The zero-order chi connectivity index (χ0) is 13.2. The normalized spacial score (nSPS) is 19.1. The largest absolute Gasteiger partial charge is 0.395 e. The Kier molecular flexibility index (Phi) is 3.52. The summed E-state index contributed by atoms with van der Waals surface area (Å²) in [5.41, 5.74) is 2.62. The highest BCUT2D eigenvalue weighted by molar-refractivity contribution is 5.50. The van der Waals surface area contributed by atoms with E-state index in [0.29, 0.717) is 24.3 Å². The van der Waals surface area contributed by atoms with E-state index in [9.17, 15) is 5.11 Å². The number of rotatable bonds is 6. The third kappa shape index (κ3) is 2.64. The highest BCUT2D eigenvalue weighted by Gasteiger charge is 2.30. The van der Waals surface area contributed by atoms with Gasteiger partial charge in [-0.15, -0.1) is 0 Å². The fraction of sp³-hybridized carbons (Fsp3) is 0.692. The van der Waals surface area contributed by atoms with E-state index >= 15 is 0 Å². The average Bonchev–Trinajstić information content (AvgIpc) is 3.20. The Bertz CT molecular complexity index is 445. The Labute approximate surface area is 113 Å². The molecule has 1 heterocycles. The number of aliphatic hydroxyl groups excluding tert-OH is 1. The molecule has 4 N–H and O–H groups in total. The predicted molar refractivity (Wildman–Crippen MR) is 73.9 cm³/mol. The van der Waals surface area contributed by atoms with Crippen LogP contribution in [0.5, 0.6) is 0 Å². The molecule has 6 heteroatoms. The average molecular weight is 263 g/mol. The van der Waals surface area contributed by atoms with Crippen LogP contribution in [-0.2, 0) is 0 Å². The predicted octanol–water partition coefficient (Wildman–Crippen LogP) is 0.991. The molecule has 1 aromatic heterocycles. The van der Waals surface area contributed by atoms with Gasteiger partial charge >= 0.3 is 0 Å². The van der Waals surface area contributed by atoms with Crippen molar-refractivity contribution < 1.29 is 5.11 Å². The zero-order valence-electron chi connectivity index (χ0n) is 11.0. The van der Waals surface area contributed by atoms with E-state index in [0.717, 1.165) is 24.5 Å². The van der Waals surface area contributed by atoms with Crippen LogP contribution >= 0.6 is 0 Å². The molecule has 0 spiro atoms. The molecule has 0 saturated heterocycles. The van der Waals surface area contributed by atoms with Crippen LogP contribution < -0.4 is 16.2 Å². The first-order chi connectivity index (χ1) is 9.31. The molecule has 1 aromatic rings. The van der Waals surface area contributed by atoms with Crippen LogP contribution in [0.2, 0.25) is 0 Å². The number of nitrogen functional groups attached to an aromatic ring is 1. The number of hydrogen-bond donors (Lipinski definition) is 3. The third-order valence-electron chi connectivity index (χ3n) is 3.97. The van der Waals surface area contributed by atoms with Gasteiger partial charge in [-0.3, -0.25) is 0 Å². The molecule has 19 heavy (non-hydrogen) atoms. The third-order valence-corrected chi connectivity index (χ3v) is 3.97. The first kappa shape index (κ1) is 12.6. The molecule has 0 radical (unpaired) electrons. The van der Waals surface area contributed by atoms with Gasteiger partial charge in [-0.25, -0.2) is 15.8 Å². The summed E-state index contributed by atoms with van der Waals surface area (Å²) in [5, 5.41) is 9.26. The van der Waals surface area contributed by atoms with Gasteiger partial charge in [0.2, 0.25) is 0 Å². The molecule has 0 amide bonds. The van der Waals surface area contributed by atoms with Crippen LogP contribution in [0.25, 0.3) is 0 Å². The first-order valence-electron chi connectivity index (χ1n) is 7.05. The summed E-state index contributed by atoms with van der Waals surface area (Å²) in [6.45, 7) is 0.764. The van der Waals surface area contributed by atoms with E-state index < -0.39 is 0 Å². The van der Waals surface area contributed by atoms with Crippen molar-refractivity contribution in [1.82, 2.24) is 9.97 Å². The summed E-state index contributed by atoms with van der Waals surface area (Å²) in [6, 6.07) is 2.37. The van der Waals surface area contributed by atoms with Gasteiger partial charge in [0.25, 0.3) is 0 Å². The highest BCUT2D eigenvalue weighted by Crippen LogP contribution is 2.39. The molecule has 0 atom stereocenters. The molecular weight excluding hydrogens is 242 g/mol. The number of aliphatic hydroxyl groups is 1. The Balaban J connectivity index is 1.89. The molecule has 104 valence electrons. The van der Waals surface area contributed by atoms with E-state index in [2.05, 4.69) is 20.3 Å². The summed E-state index contributed by atoms with van der Waals surface area (Å²) in [4.78, 5) is 11.3. The minimum absolute atomic E-state index is 0.144. The lowest BCUT2D eigenvalue weighted by atomic mass is 9.91. The van der Waals surface area contributed by atoms with Crippen LogP contribution in [-0.4, -0.2) is 34.3 Å². The summed E-state index contributed by atoms with van der Waals surface area (Å²) in [5.74, 6) is 8.42. The van der Waals surface area contributed by atoms with Crippen molar-refractivity contribution in [2.45, 2.75) is 44.1 Å². The molecule has 2 saturated carbocycles. The van der Waals surface area contributed by atoms with Crippen LogP contribution in [0.1, 0.15) is 43.8 Å². The second kappa shape index (κ2) is 5.30. The van der Waals surface area contributed by atoms with Crippen LogP contribution in [0.4, 0.5) is 11.6 Å².